The molecule has 0 saturated heterocycles. The smallest absolute Gasteiger partial charge is 0.222 e. The Hall–Kier alpha value is -2.76. The number of para-hydroxylation sites is 1. The first-order valence-corrected chi connectivity index (χ1v) is 8.35. The summed E-state index contributed by atoms with van der Waals surface area (Å²) in [6, 6.07) is 9.45. The lowest BCUT2D eigenvalue weighted by molar-refractivity contribution is -0.122. The van der Waals surface area contributed by atoms with E-state index in [0.29, 0.717) is 30.1 Å². The first kappa shape index (κ1) is 17.1. The zero-order valence-corrected chi connectivity index (χ0v) is 15.0. The van der Waals surface area contributed by atoms with Crippen molar-refractivity contribution in [2.75, 3.05) is 7.11 Å². The van der Waals surface area contributed by atoms with Crippen molar-refractivity contribution in [3.8, 4) is 5.75 Å². The van der Waals surface area contributed by atoms with E-state index < -0.39 is 0 Å². The topological polar surface area (TPSA) is 69.3 Å². The number of aryl methyl sites for hydroxylation is 3. The molecule has 0 aliphatic heterocycles. The van der Waals surface area contributed by atoms with Gasteiger partial charge in [0.1, 0.15) is 5.76 Å². The lowest BCUT2D eigenvalue weighted by atomic mass is 10.2. The quantitative estimate of drug-likeness (QED) is 0.745. The molecule has 6 heteroatoms. The lowest BCUT2D eigenvalue weighted by Gasteiger charge is -2.12. The number of nitrogens with one attached hydrogen (secondary N) is 1. The zero-order chi connectivity index (χ0) is 18.0. The molecule has 1 aromatic carbocycles. The second-order valence-electron chi connectivity index (χ2n) is 6.22. The fourth-order valence-corrected chi connectivity index (χ4v) is 2.92. The molecule has 0 unspecified atom stereocenters. The van der Waals surface area contributed by atoms with Gasteiger partial charge in [-0.15, -0.1) is 0 Å². The maximum atomic E-state index is 12.2. The second-order valence-corrected chi connectivity index (χ2v) is 6.22. The normalized spacial score (nSPS) is 12.3. The van der Waals surface area contributed by atoms with Crippen LogP contribution in [0, 0.1) is 13.8 Å². The van der Waals surface area contributed by atoms with Gasteiger partial charge >= 0.3 is 0 Å². The van der Waals surface area contributed by atoms with Crippen molar-refractivity contribution >= 4 is 16.9 Å². The van der Waals surface area contributed by atoms with E-state index in [4.69, 9.17) is 9.15 Å². The summed E-state index contributed by atoms with van der Waals surface area (Å²) in [5.41, 5.74) is 2.72. The largest absolute Gasteiger partial charge is 0.493 e. The van der Waals surface area contributed by atoms with Crippen LogP contribution in [0.2, 0.25) is 0 Å². The van der Waals surface area contributed by atoms with E-state index in [1.165, 1.54) is 0 Å². The summed E-state index contributed by atoms with van der Waals surface area (Å²) in [5.74, 6) is 1.36. The molecule has 1 N–H and O–H groups in total. The Morgan fingerprint density at radius 3 is 2.84 bits per heavy atom. The molecule has 0 aliphatic rings. The molecule has 1 amide bonds. The average molecular weight is 341 g/mol. The zero-order valence-electron chi connectivity index (χ0n) is 15.0. The van der Waals surface area contributed by atoms with Gasteiger partial charge in [0.05, 0.1) is 18.8 Å². The minimum absolute atomic E-state index is 0.0347. The van der Waals surface area contributed by atoms with E-state index >= 15 is 0 Å². The van der Waals surface area contributed by atoms with Crippen molar-refractivity contribution in [3.63, 3.8) is 0 Å². The number of carbonyl (C=O) groups excluding carboxylic acids is 1. The van der Waals surface area contributed by atoms with Crippen molar-refractivity contribution in [2.24, 2.45) is 0 Å². The molecule has 0 radical (unpaired) electrons. The third kappa shape index (κ3) is 3.68. The molecular weight excluding hydrogens is 318 g/mol. The minimum Gasteiger partial charge on any atom is -0.493 e. The number of amides is 1. The van der Waals surface area contributed by atoms with E-state index in [9.17, 15) is 4.79 Å². The number of aromatic nitrogens is 2. The number of methoxy groups -OCH3 is 1. The van der Waals surface area contributed by atoms with E-state index in [1.807, 2.05) is 55.8 Å². The highest BCUT2D eigenvalue weighted by Gasteiger charge is 2.16. The molecular formula is C19H23N3O3. The van der Waals surface area contributed by atoms with Crippen LogP contribution in [0.3, 0.4) is 0 Å². The predicted molar refractivity (Wildman–Crippen MR) is 95.6 cm³/mol. The van der Waals surface area contributed by atoms with Crippen molar-refractivity contribution in [1.82, 2.24) is 15.1 Å². The summed E-state index contributed by atoms with van der Waals surface area (Å²) in [6.45, 7) is 6.40. The van der Waals surface area contributed by atoms with E-state index in [1.54, 1.807) is 7.11 Å². The van der Waals surface area contributed by atoms with Crippen molar-refractivity contribution in [1.29, 1.82) is 0 Å². The number of ether oxygens (including phenoxy) is 1. The van der Waals surface area contributed by atoms with Crippen LogP contribution in [-0.4, -0.2) is 22.8 Å². The third-order valence-corrected chi connectivity index (χ3v) is 4.21. The Balaban J connectivity index is 1.64. The fraction of sp³-hybridized carbons (Fsp3) is 0.368. The third-order valence-electron chi connectivity index (χ3n) is 4.21. The highest BCUT2D eigenvalue weighted by molar-refractivity contribution is 5.84. The summed E-state index contributed by atoms with van der Waals surface area (Å²) >= 11 is 0. The van der Waals surface area contributed by atoms with Crippen LogP contribution < -0.4 is 10.1 Å². The molecule has 1 atom stereocenters. The first-order valence-electron chi connectivity index (χ1n) is 8.35. The van der Waals surface area contributed by atoms with Gasteiger partial charge in [0.2, 0.25) is 5.91 Å². The van der Waals surface area contributed by atoms with Gasteiger partial charge in [0.15, 0.2) is 11.3 Å². The maximum absolute atomic E-state index is 12.2. The van der Waals surface area contributed by atoms with Crippen LogP contribution in [0.5, 0.6) is 5.75 Å². The van der Waals surface area contributed by atoms with E-state index in [0.717, 1.165) is 16.8 Å². The fourth-order valence-electron chi connectivity index (χ4n) is 2.92. The van der Waals surface area contributed by atoms with Gasteiger partial charge in [-0.25, -0.2) is 0 Å². The Bertz CT molecular complexity index is 895. The Labute approximate surface area is 146 Å². The number of hydrogen-bond donors (Lipinski definition) is 1. The number of benzene rings is 1. The number of fused-ring (bicyclic) bond motifs is 1. The van der Waals surface area contributed by atoms with E-state index in [2.05, 4.69) is 10.4 Å². The highest BCUT2D eigenvalue weighted by Crippen LogP contribution is 2.30. The molecule has 132 valence electrons. The van der Waals surface area contributed by atoms with Crippen LogP contribution in [-0.2, 0) is 11.3 Å². The van der Waals surface area contributed by atoms with Gasteiger partial charge in [-0.1, -0.05) is 12.1 Å². The summed E-state index contributed by atoms with van der Waals surface area (Å²) < 4.78 is 13.0. The standard InChI is InChI=1S/C19H23N3O3/c1-12-10-13(2)22(21-12)9-8-18(23)20-14(3)17-11-15-6-5-7-16(24-4)19(15)25-17/h5-7,10-11,14H,8-9H2,1-4H3,(H,20,23)/t14-/m1/s1. The van der Waals surface area contributed by atoms with Gasteiger partial charge in [-0.05, 0) is 39.0 Å². The molecule has 0 saturated carbocycles. The molecule has 2 heterocycles. The van der Waals surface area contributed by atoms with Gasteiger partial charge < -0.3 is 14.5 Å². The summed E-state index contributed by atoms with van der Waals surface area (Å²) in [7, 11) is 1.61. The molecule has 3 aromatic rings. The number of carbonyl (C=O) groups is 1. The van der Waals surface area contributed by atoms with Crippen LogP contribution in [0.15, 0.2) is 34.7 Å². The number of rotatable bonds is 6. The molecule has 6 nitrogen and oxygen atoms in total. The minimum atomic E-state index is -0.218. The van der Waals surface area contributed by atoms with Crippen molar-refractivity contribution in [2.45, 2.75) is 39.8 Å². The summed E-state index contributed by atoms with van der Waals surface area (Å²) in [6.07, 6.45) is 0.371. The number of nitrogens with zero attached hydrogens (tertiary/aromatic N) is 2. The highest BCUT2D eigenvalue weighted by atomic mass is 16.5. The molecule has 25 heavy (non-hydrogen) atoms. The maximum Gasteiger partial charge on any atom is 0.222 e. The molecule has 0 bridgehead atoms. The lowest BCUT2D eigenvalue weighted by Crippen LogP contribution is -2.27. The van der Waals surface area contributed by atoms with Crippen molar-refractivity contribution < 1.29 is 13.9 Å². The van der Waals surface area contributed by atoms with Crippen molar-refractivity contribution in [3.05, 3.63) is 47.5 Å². The molecule has 2 aromatic heterocycles. The SMILES string of the molecule is COc1cccc2cc([C@@H](C)NC(=O)CCn3nc(C)cc3C)oc12. The molecule has 0 spiro atoms. The first-order chi connectivity index (χ1) is 12.0. The Morgan fingerprint density at radius 2 is 2.16 bits per heavy atom. The van der Waals surface area contributed by atoms with E-state index in [-0.39, 0.29) is 11.9 Å². The van der Waals surface area contributed by atoms with Crippen LogP contribution in [0.1, 0.15) is 36.5 Å². The monoisotopic (exact) mass is 341 g/mol. The number of hydrogen-bond acceptors (Lipinski definition) is 4. The van der Waals surface area contributed by atoms with Crippen LogP contribution in [0.25, 0.3) is 11.0 Å². The van der Waals surface area contributed by atoms with Gasteiger partial charge in [0, 0.05) is 24.0 Å². The van der Waals surface area contributed by atoms with Crippen LogP contribution in [0.4, 0.5) is 0 Å². The molecule has 0 aliphatic carbocycles. The molecule has 0 fully saturated rings. The molecule has 3 rings (SSSR count). The van der Waals surface area contributed by atoms with Gasteiger partial charge in [0.25, 0.3) is 0 Å². The van der Waals surface area contributed by atoms with Crippen LogP contribution >= 0.6 is 0 Å². The average Bonchev–Trinajstić information content (AvgIpc) is 3.15. The number of furan rings is 1. The van der Waals surface area contributed by atoms with Gasteiger partial charge in [-0.3, -0.25) is 9.48 Å². The summed E-state index contributed by atoms with van der Waals surface area (Å²) in [4.78, 5) is 12.2. The Kier molecular flexibility index (Phi) is 4.79. The second kappa shape index (κ2) is 7.01. The summed E-state index contributed by atoms with van der Waals surface area (Å²) in [5, 5.41) is 8.30. The Morgan fingerprint density at radius 1 is 1.36 bits per heavy atom. The van der Waals surface area contributed by atoms with Gasteiger partial charge in [-0.2, -0.15) is 5.10 Å². The predicted octanol–water partition coefficient (Wildman–Crippen LogP) is 3.52.